The summed E-state index contributed by atoms with van der Waals surface area (Å²) in [6.07, 6.45) is 0.874. The van der Waals surface area contributed by atoms with E-state index in [-0.39, 0.29) is 17.3 Å². The lowest BCUT2D eigenvalue weighted by Crippen LogP contribution is -2.36. The molecule has 0 saturated carbocycles. The average molecular weight is 343 g/mol. The summed E-state index contributed by atoms with van der Waals surface area (Å²) in [5, 5.41) is 0.795. The second kappa shape index (κ2) is 5.57. The van der Waals surface area contributed by atoms with Crippen molar-refractivity contribution in [1.82, 2.24) is 0 Å². The van der Waals surface area contributed by atoms with E-state index in [1.807, 2.05) is 18.2 Å². The molecule has 0 aromatic heterocycles. The molecule has 0 bridgehead atoms. The van der Waals surface area contributed by atoms with E-state index in [1.54, 1.807) is 7.11 Å². The normalized spacial score (nSPS) is 23.6. The van der Waals surface area contributed by atoms with Crippen LogP contribution >= 0.6 is 15.9 Å². The molecule has 1 fully saturated rings. The van der Waals surface area contributed by atoms with Crippen LogP contribution in [0.5, 0.6) is 11.5 Å². The fourth-order valence-corrected chi connectivity index (χ4v) is 3.09. The fraction of sp³-hybridized carbons (Fsp3) is 0.625. The molecule has 1 aliphatic rings. The highest BCUT2D eigenvalue weighted by atomic mass is 79.9. The van der Waals surface area contributed by atoms with Crippen LogP contribution in [0.15, 0.2) is 18.2 Å². The fourth-order valence-electron chi connectivity index (χ4n) is 2.74. The van der Waals surface area contributed by atoms with Crippen molar-refractivity contribution >= 4 is 15.9 Å². The number of benzene rings is 1. The minimum absolute atomic E-state index is 0.0111. The molecule has 1 saturated heterocycles. The van der Waals surface area contributed by atoms with Gasteiger partial charge >= 0.3 is 0 Å². The van der Waals surface area contributed by atoms with E-state index in [4.69, 9.17) is 14.2 Å². The van der Waals surface area contributed by atoms with Crippen LogP contribution in [0, 0.1) is 0 Å². The standard InChI is InChI=1S/C16H23BrO3/c1-15(2)9-14(16(3,4)20-15)19-13-8-11(10-17)6-7-12(13)18-5/h6-8,14H,9-10H2,1-5H3. The smallest absolute Gasteiger partial charge is 0.162 e. The number of hydrogen-bond donors (Lipinski definition) is 0. The summed E-state index contributed by atoms with van der Waals surface area (Å²) in [5.41, 5.74) is 0.699. The molecule has 20 heavy (non-hydrogen) atoms. The van der Waals surface area contributed by atoms with Gasteiger partial charge in [-0.3, -0.25) is 0 Å². The predicted octanol–water partition coefficient (Wildman–Crippen LogP) is 4.32. The Balaban J connectivity index is 2.25. The third kappa shape index (κ3) is 3.29. The lowest BCUT2D eigenvalue weighted by molar-refractivity contribution is -0.0847. The number of methoxy groups -OCH3 is 1. The van der Waals surface area contributed by atoms with Gasteiger partial charge < -0.3 is 14.2 Å². The molecule has 112 valence electrons. The Morgan fingerprint density at radius 3 is 2.45 bits per heavy atom. The van der Waals surface area contributed by atoms with E-state index in [1.165, 1.54) is 0 Å². The van der Waals surface area contributed by atoms with Crippen molar-refractivity contribution in [2.75, 3.05) is 7.11 Å². The van der Waals surface area contributed by atoms with Crippen molar-refractivity contribution in [2.45, 2.75) is 56.8 Å². The highest BCUT2D eigenvalue weighted by Crippen LogP contribution is 2.41. The van der Waals surface area contributed by atoms with Gasteiger partial charge in [0.1, 0.15) is 11.7 Å². The lowest BCUT2D eigenvalue weighted by Gasteiger charge is -2.28. The maximum absolute atomic E-state index is 6.22. The van der Waals surface area contributed by atoms with Gasteiger partial charge in [-0.15, -0.1) is 0 Å². The molecular formula is C16H23BrO3. The maximum atomic E-state index is 6.22. The first-order valence-corrected chi connectivity index (χ1v) is 7.99. The Labute approximate surface area is 129 Å². The zero-order valence-corrected chi connectivity index (χ0v) is 14.4. The number of halogens is 1. The van der Waals surface area contributed by atoms with Crippen molar-refractivity contribution in [3.63, 3.8) is 0 Å². The summed E-state index contributed by atoms with van der Waals surface area (Å²) >= 11 is 3.47. The van der Waals surface area contributed by atoms with E-state index in [0.717, 1.165) is 28.8 Å². The Morgan fingerprint density at radius 2 is 1.95 bits per heavy atom. The zero-order valence-electron chi connectivity index (χ0n) is 12.8. The Morgan fingerprint density at radius 1 is 1.25 bits per heavy atom. The molecule has 1 heterocycles. The molecule has 0 aliphatic carbocycles. The molecule has 1 atom stereocenters. The predicted molar refractivity (Wildman–Crippen MR) is 83.9 cm³/mol. The topological polar surface area (TPSA) is 27.7 Å². The summed E-state index contributed by atoms with van der Waals surface area (Å²) in [6.45, 7) is 8.36. The van der Waals surface area contributed by atoms with Crippen LogP contribution in [0.2, 0.25) is 0 Å². The van der Waals surface area contributed by atoms with Gasteiger partial charge in [0.05, 0.1) is 12.7 Å². The van der Waals surface area contributed by atoms with E-state index in [0.29, 0.717) is 0 Å². The molecule has 3 nitrogen and oxygen atoms in total. The molecule has 0 N–H and O–H groups in total. The van der Waals surface area contributed by atoms with Crippen LogP contribution in [-0.4, -0.2) is 24.4 Å². The molecule has 4 heteroatoms. The Bertz CT molecular complexity index is 483. The molecule has 2 rings (SSSR count). The summed E-state index contributed by atoms with van der Waals surface area (Å²) in [6, 6.07) is 6.00. The number of alkyl halides is 1. The van der Waals surface area contributed by atoms with Crippen molar-refractivity contribution in [3.8, 4) is 11.5 Å². The number of rotatable bonds is 4. The van der Waals surface area contributed by atoms with Crippen LogP contribution in [0.25, 0.3) is 0 Å². The lowest BCUT2D eigenvalue weighted by atomic mass is 9.97. The maximum Gasteiger partial charge on any atom is 0.162 e. The van der Waals surface area contributed by atoms with Crippen LogP contribution < -0.4 is 9.47 Å². The van der Waals surface area contributed by atoms with Crippen molar-refractivity contribution in [3.05, 3.63) is 23.8 Å². The van der Waals surface area contributed by atoms with Crippen LogP contribution in [0.4, 0.5) is 0 Å². The first-order valence-electron chi connectivity index (χ1n) is 6.87. The SMILES string of the molecule is COc1ccc(CBr)cc1OC1CC(C)(C)OC1(C)C. The van der Waals surface area contributed by atoms with Gasteiger partial charge in [0.25, 0.3) is 0 Å². The van der Waals surface area contributed by atoms with E-state index < -0.39 is 0 Å². The minimum Gasteiger partial charge on any atom is -0.493 e. The van der Waals surface area contributed by atoms with Gasteiger partial charge in [0, 0.05) is 11.8 Å². The van der Waals surface area contributed by atoms with E-state index >= 15 is 0 Å². The highest BCUT2D eigenvalue weighted by Gasteiger charge is 2.47. The zero-order chi connectivity index (χ0) is 15.0. The number of hydrogen-bond acceptors (Lipinski definition) is 3. The van der Waals surface area contributed by atoms with Crippen molar-refractivity contribution in [2.24, 2.45) is 0 Å². The first-order chi connectivity index (χ1) is 9.27. The summed E-state index contributed by atoms with van der Waals surface area (Å²) in [5.74, 6) is 1.54. The summed E-state index contributed by atoms with van der Waals surface area (Å²) < 4.78 is 17.7. The van der Waals surface area contributed by atoms with Crippen LogP contribution in [0.3, 0.4) is 0 Å². The quantitative estimate of drug-likeness (QED) is 0.763. The van der Waals surface area contributed by atoms with E-state index in [2.05, 4.69) is 43.6 Å². The van der Waals surface area contributed by atoms with Gasteiger partial charge in [0.2, 0.25) is 0 Å². The molecule has 1 aromatic rings. The van der Waals surface area contributed by atoms with Gasteiger partial charge in [-0.05, 0) is 45.4 Å². The minimum atomic E-state index is -0.307. The first kappa shape index (κ1) is 15.6. The van der Waals surface area contributed by atoms with Gasteiger partial charge in [-0.1, -0.05) is 22.0 Å². The molecule has 0 spiro atoms. The Hall–Kier alpha value is -0.740. The number of ether oxygens (including phenoxy) is 3. The molecule has 0 radical (unpaired) electrons. The van der Waals surface area contributed by atoms with Gasteiger partial charge in [-0.25, -0.2) is 0 Å². The van der Waals surface area contributed by atoms with Crippen molar-refractivity contribution in [1.29, 1.82) is 0 Å². The van der Waals surface area contributed by atoms with Crippen molar-refractivity contribution < 1.29 is 14.2 Å². The molecule has 1 unspecified atom stereocenters. The molecule has 1 aromatic carbocycles. The molecular weight excluding hydrogens is 320 g/mol. The van der Waals surface area contributed by atoms with Gasteiger partial charge in [0.15, 0.2) is 11.5 Å². The molecule has 1 aliphatic heterocycles. The van der Waals surface area contributed by atoms with Crippen LogP contribution in [0.1, 0.15) is 39.7 Å². The molecule has 0 amide bonds. The average Bonchev–Trinajstić information content (AvgIpc) is 2.57. The summed E-state index contributed by atoms with van der Waals surface area (Å²) in [4.78, 5) is 0. The van der Waals surface area contributed by atoms with Gasteiger partial charge in [-0.2, -0.15) is 0 Å². The Kier molecular flexibility index (Phi) is 4.35. The van der Waals surface area contributed by atoms with E-state index in [9.17, 15) is 0 Å². The third-order valence-corrected chi connectivity index (χ3v) is 4.29. The van der Waals surface area contributed by atoms with Crippen LogP contribution in [-0.2, 0) is 10.1 Å². The summed E-state index contributed by atoms with van der Waals surface area (Å²) in [7, 11) is 1.66. The third-order valence-electron chi connectivity index (χ3n) is 3.64. The monoisotopic (exact) mass is 342 g/mol. The largest absolute Gasteiger partial charge is 0.493 e. The second-order valence-corrected chi connectivity index (χ2v) is 6.96. The second-order valence-electron chi connectivity index (χ2n) is 6.39. The highest BCUT2D eigenvalue weighted by molar-refractivity contribution is 9.08.